The SMILES string of the molecule is Cn1ccnc1[C@H](NC(=O)c1cnc2n(c1=O)CCS2)c1ccccc1F. The second-order valence-electron chi connectivity index (χ2n) is 6.08. The Bertz CT molecular complexity index is 1080. The van der Waals surface area contributed by atoms with Gasteiger partial charge in [0.25, 0.3) is 11.5 Å². The Morgan fingerprint density at radius 1 is 1.33 bits per heavy atom. The number of thioether (sulfide) groups is 1. The van der Waals surface area contributed by atoms with Crippen LogP contribution in [0.3, 0.4) is 0 Å². The Kier molecular flexibility index (Phi) is 4.53. The summed E-state index contributed by atoms with van der Waals surface area (Å²) in [5, 5.41) is 3.35. The molecule has 9 heteroatoms. The zero-order chi connectivity index (χ0) is 19.0. The lowest BCUT2D eigenvalue weighted by Crippen LogP contribution is -2.37. The molecule has 0 spiro atoms. The molecule has 0 fully saturated rings. The quantitative estimate of drug-likeness (QED) is 0.692. The maximum atomic E-state index is 14.4. The molecule has 3 heterocycles. The number of nitrogens with zero attached hydrogens (tertiary/aromatic N) is 4. The van der Waals surface area contributed by atoms with E-state index in [4.69, 9.17) is 0 Å². The third-order valence-corrected chi connectivity index (χ3v) is 5.38. The Labute approximate surface area is 158 Å². The fraction of sp³-hybridized carbons (Fsp3) is 0.222. The normalized spacial score (nSPS) is 14.0. The molecule has 138 valence electrons. The number of hydrogen-bond acceptors (Lipinski definition) is 5. The van der Waals surface area contributed by atoms with Crippen molar-refractivity contribution in [1.29, 1.82) is 0 Å². The van der Waals surface area contributed by atoms with Crippen molar-refractivity contribution in [3.63, 3.8) is 0 Å². The highest BCUT2D eigenvalue weighted by molar-refractivity contribution is 7.99. The molecule has 0 saturated carbocycles. The average Bonchev–Trinajstić information content (AvgIpc) is 3.30. The first-order valence-corrected chi connectivity index (χ1v) is 9.30. The highest BCUT2D eigenvalue weighted by Gasteiger charge is 2.26. The molecule has 2 aromatic heterocycles. The maximum absolute atomic E-state index is 14.4. The average molecular weight is 385 g/mol. The summed E-state index contributed by atoms with van der Waals surface area (Å²) < 4.78 is 17.6. The van der Waals surface area contributed by atoms with Crippen molar-refractivity contribution < 1.29 is 9.18 Å². The molecule has 0 aliphatic carbocycles. The predicted octanol–water partition coefficient (Wildman–Crippen LogP) is 1.74. The fourth-order valence-corrected chi connectivity index (χ4v) is 3.94. The van der Waals surface area contributed by atoms with Crippen molar-refractivity contribution in [2.24, 2.45) is 7.05 Å². The van der Waals surface area contributed by atoms with Gasteiger partial charge in [0.1, 0.15) is 23.2 Å². The second kappa shape index (κ2) is 6.99. The van der Waals surface area contributed by atoms with Gasteiger partial charge in [-0.1, -0.05) is 30.0 Å². The first-order valence-electron chi connectivity index (χ1n) is 8.31. The standard InChI is InChI=1S/C18H16FN5O2S/c1-23-7-6-20-15(23)14(11-4-2-3-5-13(11)19)22-16(25)12-10-21-18-24(17(12)26)8-9-27-18/h2-7,10,14H,8-9H2,1H3,(H,22,25)/t14-/m1/s1. The number of benzene rings is 1. The summed E-state index contributed by atoms with van der Waals surface area (Å²) in [5.41, 5.74) is -0.198. The summed E-state index contributed by atoms with van der Waals surface area (Å²) in [5.74, 6) is 0.124. The molecule has 7 nitrogen and oxygen atoms in total. The van der Waals surface area contributed by atoms with Crippen LogP contribution in [0.5, 0.6) is 0 Å². The van der Waals surface area contributed by atoms with E-state index >= 15 is 0 Å². The molecule has 0 unspecified atom stereocenters. The molecule has 1 aliphatic heterocycles. The third-order valence-electron chi connectivity index (χ3n) is 4.41. The number of carbonyl (C=O) groups excluding carboxylic acids is 1. The lowest BCUT2D eigenvalue weighted by molar-refractivity contribution is 0.0937. The summed E-state index contributed by atoms with van der Waals surface area (Å²) in [7, 11) is 1.76. The van der Waals surface area contributed by atoms with Crippen LogP contribution in [0.15, 0.2) is 52.8 Å². The van der Waals surface area contributed by atoms with E-state index < -0.39 is 23.3 Å². The van der Waals surface area contributed by atoms with Crippen molar-refractivity contribution in [1.82, 2.24) is 24.4 Å². The highest BCUT2D eigenvalue weighted by atomic mass is 32.2. The third kappa shape index (κ3) is 3.14. The zero-order valence-corrected chi connectivity index (χ0v) is 15.2. The fourth-order valence-electron chi connectivity index (χ4n) is 3.03. The van der Waals surface area contributed by atoms with Gasteiger partial charge >= 0.3 is 0 Å². The molecule has 27 heavy (non-hydrogen) atoms. The van der Waals surface area contributed by atoms with Crippen molar-refractivity contribution in [3.8, 4) is 0 Å². The minimum absolute atomic E-state index is 0.0724. The molecule has 1 aromatic carbocycles. The zero-order valence-electron chi connectivity index (χ0n) is 14.4. The Morgan fingerprint density at radius 3 is 2.89 bits per heavy atom. The van der Waals surface area contributed by atoms with Crippen LogP contribution in [0.4, 0.5) is 4.39 Å². The molecule has 1 N–H and O–H groups in total. The molecular weight excluding hydrogens is 369 g/mol. The molecule has 0 bridgehead atoms. The van der Waals surface area contributed by atoms with Crippen molar-refractivity contribution in [2.45, 2.75) is 17.7 Å². The number of imidazole rings is 1. The monoisotopic (exact) mass is 385 g/mol. The largest absolute Gasteiger partial charge is 0.338 e. The number of aryl methyl sites for hydroxylation is 1. The van der Waals surface area contributed by atoms with E-state index in [1.165, 1.54) is 28.6 Å². The van der Waals surface area contributed by atoms with Crippen LogP contribution in [0.1, 0.15) is 27.8 Å². The van der Waals surface area contributed by atoms with Gasteiger partial charge in [-0.15, -0.1) is 0 Å². The van der Waals surface area contributed by atoms with Gasteiger partial charge in [-0.3, -0.25) is 14.2 Å². The summed E-state index contributed by atoms with van der Waals surface area (Å²) >= 11 is 1.47. The number of carbonyl (C=O) groups is 1. The van der Waals surface area contributed by atoms with Crippen molar-refractivity contribution >= 4 is 17.7 Å². The summed E-state index contributed by atoms with van der Waals surface area (Å²) in [6, 6.07) is 5.32. The highest BCUT2D eigenvalue weighted by Crippen LogP contribution is 2.24. The molecular formula is C18H16FN5O2S. The first-order chi connectivity index (χ1) is 13.1. The molecule has 0 radical (unpaired) electrons. The van der Waals surface area contributed by atoms with Crippen LogP contribution in [0, 0.1) is 5.82 Å². The Morgan fingerprint density at radius 2 is 2.15 bits per heavy atom. The molecule has 1 aliphatic rings. The van der Waals surface area contributed by atoms with E-state index in [9.17, 15) is 14.0 Å². The number of amides is 1. The van der Waals surface area contributed by atoms with E-state index in [1.54, 1.807) is 42.2 Å². The predicted molar refractivity (Wildman–Crippen MR) is 98.1 cm³/mol. The summed E-state index contributed by atoms with van der Waals surface area (Å²) in [6.07, 6.45) is 4.55. The van der Waals surface area contributed by atoms with E-state index in [0.717, 1.165) is 5.75 Å². The number of hydrogen-bond donors (Lipinski definition) is 1. The molecule has 1 amide bonds. The smallest absolute Gasteiger partial charge is 0.267 e. The van der Waals surface area contributed by atoms with Gasteiger partial charge in [-0.25, -0.2) is 14.4 Å². The summed E-state index contributed by atoms with van der Waals surface area (Å²) in [4.78, 5) is 33.9. The van der Waals surface area contributed by atoms with Crippen LogP contribution in [-0.2, 0) is 13.6 Å². The minimum Gasteiger partial charge on any atom is -0.338 e. The summed E-state index contributed by atoms with van der Waals surface area (Å²) in [6.45, 7) is 0.517. The first kappa shape index (κ1) is 17.5. The number of fused-ring (bicyclic) bond motifs is 1. The molecule has 3 aromatic rings. The van der Waals surface area contributed by atoms with Gasteiger partial charge in [0.05, 0.1) is 0 Å². The van der Waals surface area contributed by atoms with Gasteiger partial charge < -0.3 is 9.88 Å². The number of rotatable bonds is 4. The van der Waals surface area contributed by atoms with Crippen LogP contribution in [0.2, 0.25) is 0 Å². The lowest BCUT2D eigenvalue weighted by Gasteiger charge is -2.19. The molecule has 1 atom stereocenters. The van der Waals surface area contributed by atoms with E-state index in [0.29, 0.717) is 17.5 Å². The van der Waals surface area contributed by atoms with Gasteiger partial charge in [0.15, 0.2) is 5.16 Å². The van der Waals surface area contributed by atoms with Crippen molar-refractivity contribution in [3.05, 3.63) is 76.0 Å². The van der Waals surface area contributed by atoms with E-state index in [2.05, 4.69) is 15.3 Å². The molecule has 4 rings (SSSR count). The van der Waals surface area contributed by atoms with Crippen LogP contribution in [-0.4, -0.2) is 30.8 Å². The number of aromatic nitrogens is 4. The van der Waals surface area contributed by atoms with Gasteiger partial charge in [0.2, 0.25) is 0 Å². The Balaban J connectivity index is 1.73. The van der Waals surface area contributed by atoms with Crippen LogP contribution >= 0.6 is 11.8 Å². The van der Waals surface area contributed by atoms with Gasteiger partial charge in [-0.05, 0) is 6.07 Å². The maximum Gasteiger partial charge on any atom is 0.267 e. The van der Waals surface area contributed by atoms with Gasteiger partial charge in [-0.2, -0.15) is 0 Å². The second-order valence-corrected chi connectivity index (χ2v) is 7.15. The van der Waals surface area contributed by atoms with Gasteiger partial charge in [0, 0.05) is 43.5 Å². The Hall–Kier alpha value is -2.94. The molecule has 0 saturated heterocycles. The number of nitrogens with one attached hydrogen (secondary N) is 1. The van der Waals surface area contributed by atoms with E-state index in [-0.39, 0.29) is 11.1 Å². The van der Waals surface area contributed by atoms with Crippen LogP contribution < -0.4 is 10.9 Å². The number of halogens is 1. The van der Waals surface area contributed by atoms with Crippen molar-refractivity contribution in [2.75, 3.05) is 5.75 Å². The minimum atomic E-state index is -0.842. The topological polar surface area (TPSA) is 81.8 Å². The van der Waals surface area contributed by atoms with E-state index in [1.807, 2.05) is 0 Å². The lowest BCUT2D eigenvalue weighted by atomic mass is 10.0. The van der Waals surface area contributed by atoms with Crippen LogP contribution in [0.25, 0.3) is 0 Å².